The number of rotatable bonds is 7. The van der Waals surface area contributed by atoms with Crippen molar-refractivity contribution in [3.05, 3.63) is 50.7 Å². The Hall–Kier alpha value is -2.62. The second kappa shape index (κ2) is 10.2. The van der Waals surface area contributed by atoms with Gasteiger partial charge in [0.1, 0.15) is 11.3 Å². The van der Waals surface area contributed by atoms with Gasteiger partial charge in [-0.2, -0.15) is 26.3 Å². The van der Waals surface area contributed by atoms with E-state index in [1.165, 1.54) is 24.2 Å². The van der Waals surface area contributed by atoms with Crippen LogP contribution in [0.25, 0.3) is 0 Å². The number of carbonyl (C=O) groups is 2. The maximum absolute atomic E-state index is 13.4. The van der Waals surface area contributed by atoms with E-state index >= 15 is 0 Å². The first-order chi connectivity index (χ1) is 17.4. The fourth-order valence-corrected chi connectivity index (χ4v) is 4.36. The van der Waals surface area contributed by atoms with E-state index in [9.17, 15) is 41.0 Å². The highest BCUT2D eigenvalue weighted by Crippen LogP contribution is 2.50. The molecule has 3 amide bonds. The first-order valence-corrected chi connectivity index (χ1v) is 12.3. The Morgan fingerprint density at radius 1 is 1.05 bits per heavy atom. The van der Waals surface area contributed by atoms with E-state index in [0.29, 0.717) is 27.7 Å². The molecule has 0 bridgehead atoms. The number of nitrogens with zero attached hydrogens (tertiary/aromatic N) is 3. The number of ether oxygens (including phenoxy) is 1. The lowest BCUT2D eigenvalue weighted by atomic mass is 9.90. The Morgan fingerprint density at radius 3 is 2.16 bits per heavy atom. The number of likely N-dealkylation sites (N-methyl/N-ethyl adjacent to an activating group) is 1. The third-order valence-corrected chi connectivity index (χ3v) is 7.37. The van der Waals surface area contributed by atoms with Gasteiger partial charge < -0.3 is 14.7 Å². The number of aryl methyl sites for hydroxylation is 1. The standard InChI is InChI=1S/C24H24F6IN3O4/c1-5-6-13-9-15(22(37,23(25,26)27)24(28,29)30)7-8-17(13)38-18-10-14(16(31)11-32-18)12-34-19(35)21(2,3)33(4)20(34)36/h7-11,37H,5-6,12H2,1-4H3. The van der Waals surface area contributed by atoms with Crippen LogP contribution in [0.3, 0.4) is 0 Å². The largest absolute Gasteiger partial charge is 0.439 e. The smallest absolute Gasteiger partial charge is 0.430 e. The summed E-state index contributed by atoms with van der Waals surface area (Å²) in [6.07, 6.45) is -10.2. The van der Waals surface area contributed by atoms with Crippen LogP contribution in [-0.4, -0.2) is 56.8 Å². The fourth-order valence-electron chi connectivity index (χ4n) is 3.90. The van der Waals surface area contributed by atoms with Crippen molar-refractivity contribution in [2.45, 2.75) is 63.7 Å². The summed E-state index contributed by atoms with van der Waals surface area (Å²) >= 11 is 1.95. The van der Waals surface area contributed by atoms with Gasteiger partial charge in [0.05, 0.1) is 6.54 Å². The van der Waals surface area contributed by atoms with Crippen LogP contribution in [0.4, 0.5) is 31.1 Å². The molecule has 208 valence electrons. The number of halogens is 7. The van der Waals surface area contributed by atoms with E-state index in [2.05, 4.69) is 4.98 Å². The number of pyridine rings is 1. The minimum absolute atomic E-state index is 0.00732. The molecule has 7 nitrogen and oxygen atoms in total. The highest BCUT2D eigenvalue weighted by atomic mass is 127. The number of aliphatic hydroxyl groups is 1. The van der Waals surface area contributed by atoms with E-state index in [4.69, 9.17) is 4.74 Å². The van der Waals surface area contributed by atoms with Crippen molar-refractivity contribution in [1.82, 2.24) is 14.8 Å². The summed E-state index contributed by atoms with van der Waals surface area (Å²) in [6.45, 7) is 4.78. The van der Waals surface area contributed by atoms with E-state index in [0.717, 1.165) is 11.0 Å². The zero-order chi connectivity index (χ0) is 28.8. The summed E-state index contributed by atoms with van der Waals surface area (Å²) in [5.41, 5.74) is -7.01. The number of hydrogen-bond acceptors (Lipinski definition) is 5. The number of imide groups is 1. The quantitative estimate of drug-likeness (QED) is 0.227. The summed E-state index contributed by atoms with van der Waals surface area (Å²) < 4.78 is 86.5. The van der Waals surface area contributed by atoms with E-state index in [1.807, 2.05) is 22.6 Å². The molecule has 1 fully saturated rings. The molecule has 1 aromatic heterocycles. The molecule has 0 saturated carbocycles. The van der Waals surface area contributed by atoms with Crippen LogP contribution in [0.2, 0.25) is 0 Å². The summed E-state index contributed by atoms with van der Waals surface area (Å²) in [6, 6.07) is 2.96. The third kappa shape index (κ3) is 5.16. The Morgan fingerprint density at radius 2 is 1.66 bits per heavy atom. The molecule has 1 aromatic carbocycles. The molecule has 3 rings (SSSR count). The second-order valence-electron chi connectivity index (χ2n) is 9.29. The van der Waals surface area contributed by atoms with Crippen molar-refractivity contribution in [2.75, 3.05) is 7.05 Å². The Labute approximate surface area is 227 Å². The van der Waals surface area contributed by atoms with Gasteiger partial charge in [0.15, 0.2) is 0 Å². The summed E-state index contributed by atoms with van der Waals surface area (Å²) in [5, 5.41) is 9.76. The zero-order valence-electron chi connectivity index (χ0n) is 20.7. The Bertz CT molecular complexity index is 1230. The Balaban J connectivity index is 1.97. The predicted molar refractivity (Wildman–Crippen MR) is 131 cm³/mol. The number of hydrogen-bond donors (Lipinski definition) is 1. The van der Waals surface area contributed by atoms with E-state index in [1.54, 1.807) is 20.8 Å². The highest BCUT2D eigenvalue weighted by molar-refractivity contribution is 14.1. The predicted octanol–water partition coefficient (Wildman–Crippen LogP) is 5.92. The monoisotopic (exact) mass is 659 g/mol. The molecule has 1 N–H and O–H groups in total. The maximum atomic E-state index is 13.4. The third-order valence-electron chi connectivity index (χ3n) is 6.40. The van der Waals surface area contributed by atoms with Gasteiger partial charge >= 0.3 is 18.4 Å². The van der Waals surface area contributed by atoms with Crippen LogP contribution in [-0.2, 0) is 23.4 Å². The molecule has 0 radical (unpaired) electrons. The van der Waals surface area contributed by atoms with Gasteiger partial charge in [0, 0.05) is 28.4 Å². The lowest BCUT2D eigenvalue weighted by Gasteiger charge is -2.33. The first-order valence-electron chi connectivity index (χ1n) is 11.3. The zero-order valence-corrected chi connectivity index (χ0v) is 22.8. The van der Waals surface area contributed by atoms with Gasteiger partial charge in [-0.15, -0.1) is 0 Å². The van der Waals surface area contributed by atoms with Crippen LogP contribution >= 0.6 is 22.6 Å². The molecular formula is C24H24F6IN3O4. The van der Waals surface area contributed by atoms with E-state index < -0.39 is 41.0 Å². The number of amides is 3. The topological polar surface area (TPSA) is 83.0 Å². The SMILES string of the molecule is CCCc1cc(C(O)(C(F)(F)F)C(F)(F)F)ccc1Oc1cc(CN2C(=O)N(C)C(C)(C)C2=O)c(I)cn1. The number of urea groups is 1. The van der Waals surface area contributed by atoms with Crippen molar-refractivity contribution in [2.24, 2.45) is 0 Å². The fraction of sp³-hybridized carbons (Fsp3) is 0.458. The molecule has 0 aliphatic carbocycles. The van der Waals surface area contributed by atoms with Crippen molar-refractivity contribution in [3.63, 3.8) is 0 Å². The van der Waals surface area contributed by atoms with Gasteiger partial charge in [-0.3, -0.25) is 9.69 Å². The lowest BCUT2D eigenvalue weighted by molar-refractivity contribution is -0.376. The van der Waals surface area contributed by atoms with Crippen LogP contribution in [0.5, 0.6) is 11.6 Å². The minimum Gasteiger partial charge on any atom is -0.439 e. The molecule has 1 aliphatic heterocycles. The van der Waals surface area contributed by atoms with Crippen LogP contribution in [0.15, 0.2) is 30.5 Å². The normalized spacial score (nSPS) is 16.4. The Kier molecular flexibility index (Phi) is 8.01. The highest BCUT2D eigenvalue weighted by Gasteiger charge is 2.71. The molecule has 1 aliphatic rings. The van der Waals surface area contributed by atoms with Crippen LogP contribution in [0.1, 0.15) is 43.9 Å². The van der Waals surface area contributed by atoms with Crippen molar-refractivity contribution >= 4 is 34.5 Å². The molecule has 0 spiro atoms. The van der Waals surface area contributed by atoms with Crippen molar-refractivity contribution < 1.29 is 45.8 Å². The van der Waals surface area contributed by atoms with E-state index in [-0.39, 0.29) is 30.2 Å². The molecule has 0 unspecified atom stereocenters. The number of benzene rings is 1. The maximum Gasteiger partial charge on any atom is 0.430 e. The molecule has 2 aromatic rings. The molecule has 14 heteroatoms. The van der Waals surface area contributed by atoms with Crippen LogP contribution < -0.4 is 4.74 Å². The molecule has 1 saturated heterocycles. The van der Waals surface area contributed by atoms with Gasteiger partial charge in [0.25, 0.3) is 11.5 Å². The second-order valence-corrected chi connectivity index (χ2v) is 10.4. The lowest BCUT2D eigenvalue weighted by Crippen LogP contribution is -2.53. The number of aromatic nitrogens is 1. The van der Waals surface area contributed by atoms with Crippen molar-refractivity contribution in [1.29, 1.82) is 0 Å². The molecular weight excluding hydrogens is 635 g/mol. The van der Waals surface area contributed by atoms with Crippen molar-refractivity contribution in [3.8, 4) is 11.6 Å². The molecule has 38 heavy (non-hydrogen) atoms. The summed E-state index contributed by atoms with van der Waals surface area (Å²) in [4.78, 5) is 31.8. The first kappa shape index (κ1) is 29.9. The van der Waals surface area contributed by atoms with Gasteiger partial charge in [-0.05, 0) is 66.1 Å². The van der Waals surface area contributed by atoms with Crippen LogP contribution in [0, 0.1) is 3.57 Å². The minimum atomic E-state index is -6.02. The average molecular weight is 659 g/mol. The number of alkyl halides is 6. The van der Waals surface area contributed by atoms with Gasteiger partial charge in [-0.25, -0.2) is 9.78 Å². The number of carbonyl (C=O) groups excluding carboxylic acids is 2. The molecule has 0 atom stereocenters. The summed E-state index contributed by atoms with van der Waals surface area (Å²) in [7, 11) is 1.50. The molecule has 2 heterocycles. The summed E-state index contributed by atoms with van der Waals surface area (Å²) in [5.74, 6) is -0.530. The van der Waals surface area contributed by atoms with Gasteiger partial charge in [0.2, 0.25) is 5.88 Å². The van der Waals surface area contributed by atoms with Gasteiger partial charge in [-0.1, -0.05) is 19.4 Å². The average Bonchev–Trinajstić information content (AvgIpc) is 2.95.